The van der Waals surface area contributed by atoms with E-state index in [1.54, 1.807) is 24.3 Å². The summed E-state index contributed by atoms with van der Waals surface area (Å²) in [5, 5.41) is 10.9. The summed E-state index contributed by atoms with van der Waals surface area (Å²) in [6, 6.07) is 23.3. The molecule has 1 atom stereocenters. The van der Waals surface area contributed by atoms with Crippen LogP contribution in [-0.4, -0.2) is 29.5 Å². The molecule has 1 N–H and O–H groups in total. The van der Waals surface area contributed by atoms with Gasteiger partial charge < -0.3 is 14.6 Å². The molecule has 0 saturated carbocycles. The highest BCUT2D eigenvalue weighted by atomic mass is 16.5. The molecule has 1 unspecified atom stereocenters. The Morgan fingerprint density at radius 2 is 1.69 bits per heavy atom. The molecule has 1 amide bonds. The molecule has 1 aliphatic heterocycles. The van der Waals surface area contributed by atoms with Gasteiger partial charge in [0, 0.05) is 18.2 Å². The van der Waals surface area contributed by atoms with Crippen LogP contribution in [0.1, 0.15) is 44.4 Å². The van der Waals surface area contributed by atoms with Crippen LogP contribution in [0.25, 0.3) is 0 Å². The molecular weight excluding hydrogens is 454 g/mol. The van der Waals surface area contributed by atoms with Crippen LogP contribution < -0.4 is 14.4 Å². The van der Waals surface area contributed by atoms with Gasteiger partial charge in [0.05, 0.1) is 24.3 Å². The molecule has 0 fully saturated rings. The van der Waals surface area contributed by atoms with E-state index in [2.05, 4.69) is 0 Å². The van der Waals surface area contributed by atoms with Crippen molar-refractivity contribution in [1.29, 1.82) is 0 Å². The second-order valence-corrected chi connectivity index (χ2v) is 8.91. The van der Waals surface area contributed by atoms with Gasteiger partial charge in [-0.15, -0.1) is 0 Å². The number of benzene rings is 3. The van der Waals surface area contributed by atoms with Gasteiger partial charge in [0.25, 0.3) is 5.91 Å². The van der Waals surface area contributed by atoms with Crippen molar-refractivity contribution < 1.29 is 24.2 Å². The average molecular weight is 486 g/mol. The van der Waals surface area contributed by atoms with Crippen molar-refractivity contribution in [2.45, 2.75) is 45.8 Å². The minimum Gasteiger partial charge on any atom is -0.503 e. The minimum absolute atomic E-state index is 0.0146. The molecule has 1 heterocycles. The Labute approximate surface area is 211 Å². The predicted molar refractivity (Wildman–Crippen MR) is 139 cm³/mol. The summed E-state index contributed by atoms with van der Waals surface area (Å²) in [5.74, 6) is -0.0963. The first-order valence-electron chi connectivity index (χ1n) is 12.2. The van der Waals surface area contributed by atoms with Crippen LogP contribution in [-0.2, 0) is 16.0 Å². The molecule has 0 aromatic heterocycles. The Balaban J connectivity index is 1.72. The Morgan fingerprint density at radius 3 is 2.36 bits per heavy atom. The normalized spacial score (nSPS) is 15.5. The molecule has 0 spiro atoms. The summed E-state index contributed by atoms with van der Waals surface area (Å²) in [6.45, 7) is 6.25. The molecule has 3 aromatic rings. The average Bonchev–Trinajstić information content (AvgIpc) is 3.14. The van der Waals surface area contributed by atoms with E-state index in [9.17, 15) is 14.7 Å². The third-order valence-electron chi connectivity index (χ3n) is 5.97. The van der Waals surface area contributed by atoms with Gasteiger partial charge in [-0.1, -0.05) is 48.5 Å². The van der Waals surface area contributed by atoms with Crippen molar-refractivity contribution in [3.8, 4) is 11.5 Å². The Hall–Kier alpha value is -4.06. The highest BCUT2D eigenvalue weighted by Gasteiger charge is 2.44. The quantitative estimate of drug-likeness (QED) is 0.383. The zero-order valence-electron chi connectivity index (χ0n) is 20.8. The highest BCUT2D eigenvalue weighted by Crippen LogP contribution is 2.42. The number of aliphatic hydroxyl groups excluding tert-OH is 1. The molecule has 1 aliphatic rings. The minimum atomic E-state index is -0.772. The van der Waals surface area contributed by atoms with E-state index in [0.29, 0.717) is 35.8 Å². The maximum Gasteiger partial charge on any atom is 0.294 e. The Bertz CT molecular complexity index is 1250. The zero-order valence-corrected chi connectivity index (χ0v) is 20.8. The van der Waals surface area contributed by atoms with E-state index in [1.807, 2.05) is 75.4 Å². The number of amides is 1. The second-order valence-electron chi connectivity index (χ2n) is 8.91. The van der Waals surface area contributed by atoms with Gasteiger partial charge in [0.2, 0.25) is 0 Å². The first-order valence-corrected chi connectivity index (χ1v) is 12.2. The lowest BCUT2D eigenvalue weighted by Crippen LogP contribution is -2.31. The SMILES string of the molecule is CCOc1cccc(N2C(=O)C(O)=C(C(=O)CCc3ccccc3)C2c2ccc(OC(C)C)cc2)c1. The van der Waals surface area contributed by atoms with Crippen molar-refractivity contribution in [2.24, 2.45) is 0 Å². The zero-order chi connectivity index (χ0) is 25.7. The van der Waals surface area contributed by atoms with Gasteiger partial charge in [-0.2, -0.15) is 0 Å². The molecule has 0 bridgehead atoms. The van der Waals surface area contributed by atoms with Crippen LogP contribution in [0.3, 0.4) is 0 Å². The number of hydrogen-bond acceptors (Lipinski definition) is 5. The third kappa shape index (κ3) is 5.43. The number of aryl methyl sites for hydroxylation is 1. The third-order valence-corrected chi connectivity index (χ3v) is 5.97. The van der Waals surface area contributed by atoms with Crippen molar-refractivity contribution >= 4 is 17.4 Å². The Kier molecular flexibility index (Phi) is 7.74. The number of aliphatic hydroxyl groups is 1. The summed E-state index contributed by atoms with van der Waals surface area (Å²) < 4.78 is 11.4. The summed E-state index contributed by atoms with van der Waals surface area (Å²) >= 11 is 0. The van der Waals surface area contributed by atoms with Gasteiger partial charge in [-0.3, -0.25) is 14.5 Å². The van der Waals surface area contributed by atoms with Crippen molar-refractivity contribution in [3.63, 3.8) is 0 Å². The summed E-state index contributed by atoms with van der Waals surface area (Å²) in [5.41, 5.74) is 2.36. The van der Waals surface area contributed by atoms with Gasteiger partial charge >= 0.3 is 0 Å². The lowest BCUT2D eigenvalue weighted by atomic mass is 9.93. The van der Waals surface area contributed by atoms with Gasteiger partial charge in [-0.05, 0) is 62.6 Å². The number of ether oxygens (including phenoxy) is 2. The van der Waals surface area contributed by atoms with Crippen LogP contribution in [0.2, 0.25) is 0 Å². The number of Topliss-reactive ketones (excluding diaryl/α,β-unsaturated/α-hetero) is 1. The lowest BCUT2D eigenvalue weighted by molar-refractivity contribution is -0.118. The Morgan fingerprint density at radius 1 is 0.972 bits per heavy atom. The fraction of sp³-hybridized carbons (Fsp3) is 0.267. The monoisotopic (exact) mass is 485 g/mol. The maximum absolute atomic E-state index is 13.5. The van der Waals surface area contributed by atoms with Gasteiger partial charge in [0.1, 0.15) is 11.5 Å². The van der Waals surface area contributed by atoms with E-state index in [-0.39, 0.29) is 23.9 Å². The molecule has 186 valence electrons. The number of carbonyl (C=O) groups is 2. The topological polar surface area (TPSA) is 76.1 Å². The van der Waals surface area contributed by atoms with Gasteiger partial charge in [-0.25, -0.2) is 0 Å². The molecule has 0 aliphatic carbocycles. The van der Waals surface area contributed by atoms with Crippen molar-refractivity contribution in [3.05, 3.63) is 101 Å². The van der Waals surface area contributed by atoms with Crippen LogP contribution in [0.15, 0.2) is 90.2 Å². The fourth-order valence-corrected chi connectivity index (χ4v) is 4.40. The molecule has 0 saturated heterocycles. The van der Waals surface area contributed by atoms with Gasteiger partial charge in [0.15, 0.2) is 11.5 Å². The van der Waals surface area contributed by atoms with Crippen LogP contribution in [0.4, 0.5) is 5.69 Å². The standard InChI is InChI=1S/C30H31NO5/c1-4-35-25-12-8-11-23(19-25)31-28(22-14-16-24(17-15-22)36-20(2)3)27(29(33)30(31)34)26(32)18-13-21-9-6-5-7-10-21/h5-12,14-17,19-20,28,33H,4,13,18H2,1-3H3. The predicted octanol–water partition coefficient (Wildman–Crippen LogP) is 5.97. The van der Waals surface area contributed by atoms with E-state index >= 15 is 0 Å². The molecule has 36 heavy (non-hydrogen) atoms. The number of anilines is 1. The maximum atomic E-state index is 13.5. The van der Waals surface area contributed by atoms with Crippen molar-refractivity contribution in [2.75, 3.05) is 11.5 Å². The molecule has 6 nitrogen and oxygen atoms in total. The summed E-state index contributed by atoms with van der Waals surface area (Å²) in [7, 11) is 0. The van der Waals surface area contributed by atoms with Crippen LogP contribution in [0.5, 0.6) is 11.5 Å². The van der Waals surface area contributed by atoms with Crippen LogP contribution in [0, 0.1) is 0 Å². The fourth-order valence-electron chi connectivity index (χ4n) is 4.40. The molecule has 6 heteroatoms. The number of carbonyl (C=O) groups excluding carboxylic acids is 2. The molecular formula is C30H31NO5. The second kappa shape index (κ2) is 11.1. The lowest BCUT2D eigenvalue weighted by Gasteiger charge is -2.27. The smallest absolute Gasteiger partial charge is 0.294 e. The first kappa shape index (κ1) is 25.0. The number of nitrogens with zero attached hydrogens (tertiary/aromatic N) is 1. The molecule has 0 radical (unpaired) electrons. The van der Waals surface area contributed by atoms with E-state index in [0.717, 1.165) is 5.56 Å². The van der Waals surface area contributed by atoms with E-state index in [1.165, 1.54) is 4.90 Å². The molecule has 3 aromatic carbocycles. The van der Waals surface area contributed by atoms with Crippen molar-refractivity contribution in [1.82, 2.24) is 0 Å². The highest BCUT2D eigenvalue weighted by molar-refractivity contribution is 6.16. The number of ketones is 1. The summed E-state index contributed by atoms with van der Waals surface area (Å²) in [4.78, 5) is 28.3. The largest absolute Gasteiger partial charge is 0.503 e. The summed E-state index contributed by atoms with van der Waals surface area (Å²) in [6.07, 6.45) is 0.702. The number of rotatable bonds is 10. The van der Waals surface area contributed by atoms with Crippen LogP contribution >= 0.6 is 0 Å². The molecule has 4 rings (SSSR count). The van der Waals surface area contributed by atoms with E-state index < -0.39 is 17.7 Å². The van der Waals surface area contributed by atoms with E-state index in [4.69, 9.17) is 9.47 Å². The number of hydrogen-bond donors (Lipinski definition) is 1. The first-order chi connectivity index (χ1) is 17.4.